The van der Waals surface area contributed by atoms with E-state index in [0.29, 0.717) is 0 Å². The highest BCUT2D eigenvalue weighted by molar-refractivity contribution is 5.87. The molecular weight excluding hydrogens is 296 g/mol. The van der Waals surface area contributed by atoms with E-state index in [0.717, 1.165) is 51.4 Å². The van der Waals surface area contributed by atoms with Crippen LogP contribution in [0.2, 0.25) is 0 Å². The van der Waals surface area contributed by atoms with Gasteiger partial charge in [0.2, 0.25) is 0 Å². The zero-order chi connectivity index (χ0) is 17.9. The Balaban J connectivity index is 3.43. The molecule has 0 fully saturated rings. The fraction of sp³-hybridized carbons (Fsp3) is 0.455. The van der Waals surface area contributed by atoms with Crippen LogP contribution in [0.1, 0.15) is 65.2 Å². The molecule has 2 nitrogen and oxygen atoms in total. The third kappa shape index (κ3) is 20.0. The number of rotatable bonds is 14. The molecule has 0 unspecified atom stereocenters. The maximum atomic E-state index is 10.7. The second-order valence-corrected chi connectivity index (χ2v) is 5.75. The third-order valence-corrected chi connectivity index (χ3v) is 3.21. The van der Waals surface area contributed by atoms with Gasteiger partial charge in [0.25, 0.3) is 0 Å². The molecule has 0 aliphatic rings. The summed E-state index contributed by atoms with van der Waals surface area (Å²) in [7, 11) is 0. The van der Waals surface area contributed by atoms with E-state index in [1.165, 1.54) is 0 Å². The van der Waals surface area contributed by atoms with Crippen molar-refractivity contribution in [2.24, 2.45) is 0 Å². The molecule has 0 saturated carbocycles. The van der Waals surface area contributed by atoms with E-state index in [2.05, 4.69) is 36.5 Å². The number of carbonyl (C=O) groups is 2. The first kappa shape index (κ1) is 22.0. The lowest BCUT2D eigenvalue weighted by Gasteiger charge is -1.90. The van der Waals surface area contributed by atoms with Crippen LogP contribution in [0.25, 0.3) is 0 Å². The molecule has 0 aliphatic carbocycles. The van der Waals surface area contributed by atoms with E-state index in [1.807, 2.05) is 12.2 Å². The number of ketones is 2. The van der Waals surface area contributed by atoms with Crippen molar-refractivity contribution in [2.75, 3.05) is 0 Å². The molecule has 0 spiro atoms. The van der Waals surface area contributed by atoms with Crippen LogP contribution in [-0.4, -0.2) is 11.6 Å². The van der Waals surface area contributed by atoms with Crippen molar-refractivity contribution in [1.82, 2.24) is 0 Å². The van der Waals surface area contributed by atoms with Crippen LogP contribution in [0.4, 0.5) is 0 Å². The topological polar surface area (TPSA) is 34.1 Å². The average Bonchev–Trinajstić information content (AvgIpc) is 2.53. The first-order valence-corrected chi connectivity index (χ1v) is 8.92. The Kier molecular flexibility index (Phi) is 16.0. The summed E-state index contributed by atoms with van der Waals surface area (Å²) in [5, 5.41) is 0. The minimum Gasteiger partial charge on any atom is -0.295 e. The van der Waals surface area contributed by atoms with Crippen LogP contribution in [0.15, 0.2) is 60.8 Å². The minimum absolute atomic E-state index is 0.115. The molecule has 132 valence electrons. The Hall–Kier alpha value is -1.96. The van der Waals surface area contributed by atoms with Crippen LogP contribution >= 0.6 is 0 Å². The van der Waals surface area contributed by atoms with Crippen LogP contribution in [-0.2, 0) is 9.59 Å². The van der Waals surface area contributed by atoms with Gasteiger partial charge in [-0.25, -0.2) is 0 Å². The number of hydrogen-bond donors (Lipinski definition) is 0. The molecule has 0 aliphatic heterocycles. The Morgan fingerprint density at radius 1 is 0.458 bits per heavy atom. The molecule has 0 amide bonds. The number of unbranched alkanes of at least 4 members (excludes halogenated alkanes) is 4. The number of carbonyl (C=O) groups excluding carboxylic acids is 2. The molecule has 0 heterocycles. The molecule has 0 N–H and O–H groups in total. The fourth-order valence-electron chi connectivity index (χ4n) is 1.98. The van der Waals surface area contributed by atoms with Crippen molar-refractivity contribution in [3.8, 4) is 0 Å². The first-order valence-electron chi connectivity index (χ1n) is 8.92. The zero-order valence-corrected chi connectivity index (χ0v) is 15.2. The second kappa shape index (κ2) is 17.4. The summed E-state index contributed by atoms with van der Waals surface area (Å²) in [6.45, 7) is 3.14. The summed E-state index contributed by atoms with van der Waals surface area (Å²) in [4.78, 5) is 21.4. The predicted octanol–water partition coefficient (Wildman–Crippen LogP) is 6.07. The summed E-state index contributed by atoms with van der Waals surface area (Å²) in [5.41, 5.74) is 0. The van der Waals surface area contributed by atoms with Gasteiger partial charge in [-0.1, -0.05) is 48.6 Å². The summed E-state index contributed by atoms with van der Waals surface area (Å²) in [6.07, 6.45) is 28.6. The highest BCUT2D eigenvalue weighted by Crippen LogP contribution is 2.01. The van der Waals surface area contributed by atoms with Gasteiger partial charge in [0.1, 0.15) is 0 Å². The molecular formula is C22H32O2. The molecule has 0 aromatic heterocycles. The lowest BCUT2D eigenvalue weighted by atomic mass is 10.2. The average molecular weight is 328 g/mol. The molecule has 0 aromatic rings. The second-order valence-electron chi connectivity index (χ2n) is 5.75. The molecule has 0 aromatic carbocycles. The van der Waals surface area contributed by atoms with E-state index in [9.17, 15) is 9.59 Å². The number of hydrogen-bond acceptors (Lipinski definition) is 2. The van der Waals surface area contributed by atoms with Crippen molar-refractivity contribution in [3.63, 3.8) is 0 Å². The van der Waals surface area contributed by atoms with E-state index >= 15 is 0 Å². The standard InChI is InChI=1S/C22H32O2/c1-21(23)19-17-15-13-11-9-7-5-3-4-6-8-10-12-14-16-18-20-22(2)24/h3-4,9-12,17-20H,5-8,13-16H2,1-2H3/b4-3+,11-9+,12-10+,19-17+,20-18+. The summed E-state index contributed by atoms with van der Waals surface area (Å²) >= 11 is 0. The van der Waals surface area contributed by atoms with E-state index < -0.39 is 0 Å². The van der Waals surface area contributed by atoms with Crippen LogP contribution < -0.4 is 0 Å². The Morgan fingerprint density at radius 3 is 0.875 bits per heavy atom. The normalized spacial score (nSPS) is 12.6. The zero-order valence-electron chi connectivity index (χ0n) is 15.2. The van der Waals surface area contributed by atoms with Crippen molar-refractivity contribution in [1.29, 1.82) is 0 Å². The van der Waals surface area contributed by atoms with Gasteiger partial charge in [-0.3, -0.25) is 9.59 Å². The van der Waals surface area contributed by atoms with Crippen molar-refractivity contribution < 1.29 is 9.59 Å². The molecule has 24 heavy (non-hydrogen) atoms. The largest absolute Gasteiger partial charge is 0.295 e. The molecule has 0 rings (SSSR count). The summed E-state index contributed by atoms with van der Waals surface area (Å²) in [6, 6.07) is 0. The van der Waals surface area contributed by atoms with Crippen molar-refractivity contribution in [2.45, 2.75) is 65.2 Å². The van der Waals surface area contributed by atoms with Gasteiger partial charge in [0.15, 0.2) is 11.6 Å². The van der Waals surface area contributed by atoms with Crippen molar-refractivity contribution >= 4 is 11.6 Å². The lowest BCUT2D eigenvalue weighted by molar-refractivity contribution is -0.113. The van der Waals surface area contributed by atoms with E-state index in [-0.39, 0.29) is 11.6 Å². The van der Waals surface area contributed by atoms with Gasteiger partial charge in [-0.15, -0.1) is 0 Å². The van der Waals surface area contributed by atoms with Gasteiger partial charge in [0.05, 0.1) is 0 Å². The van der Waals surface area contributed by atoms with Crippen molar-refractivity contribution in [3.05, 3.63) is 60.8 Å². The van der Waals surface area contributed by atoms with E-state index in [1.54, 1.807) is 26.0 Å². The molecule has 2 heteroatoms. The Morgan fingerprint density at radius 2 is 0.667 bits per heavy atom. The summed E-state index contributed by atoms with van der Waals surface area (Å²) < 4.78 is 0. The molecule has 0 atom stereocenters. The molecule has 0 bridgehead atoms. The quantitative estimate of drug-likeness (QED) is 0.220. The summed E-state index contributed by atoms with van der Waals surface area (Å²) in [5.74, 6) is 0.229. The van der Waals surface area contributed by atoms with Crippen LogP contribution in [0.5, 0.6) is 0 Å². The highest BCUT2D eigenvalue weighted by atomic mass is 16.1. The lowest BCUT2D eigenvalue weighted by Crippen LogP contribution is -1.79. The van der Waals surface area contributed by atoms with E-state index in [4.69, 9.17) is 0 Å². The monoisotopic (exact) mass is 328 g/mol. The Bertz CT molecular complexity index is 432. The molecule has 0 saturated heterocycles. The fourth-order valence-corrected chi connectivity index (χ4v) is 1.98. The first-order chi connectivity index (χ1) is 11.6. The van der Waals surface area contributed by atoms with Gasteiger partial charge >= 0.3 is 0 Å². The minimum atomic E-state index is 0.115. The smallest absolute Gasteiger partial charge is 0.152 e. The predicted molar refractivity (Wildman–Crippen MR) is 104 cm³/mol. The molecule has 0 radical (unpaired) electrons. The van der Waals surface area contributed by atoms with Gasteiger partial charge in [-0.2, -0.15) is 0 Å². The third-order valence-electron chi connectivity index (χ3n) is 3.21. The Labute approximate surface area is 147 Å². The van der Waals surface area contributed by atoms with Crippen LogP contribution in [0.3, 0.4) is 0 Å². The van der Waals surface area contributed by atoms with Gasteiger partial charge < -0.3 is 0 Å². The van der Waals surface area contributed by atoms with Gasteiger partial charge in [-0.05, 0) is 77.4 Å². The van der Waals surface area contributed by atoms with Crippen LogP contribution in [0, 0.1) is 0 Å². The maximum Gasteiger partial charge on any atom is 0.152 e. The highest BCUT2D eigenvalue weighted by Gasteiger charge is 1.83. The van der Waals surface area contributed by atoms with Gasteiger partial charge in [0, 0.05) is 0 Å². The SMILES string of the molecule is CC(=O)/C=C/CC/C=C/CC/C=C/CC/C=C/CC/C=C/C(C)=O. The number of allylic oxidation sites excluding steroid dienone is 10. The maximum absolute atomic E-state index is 10.7.